The average molecular weight is 205 g/mol. The Bertz CT molecular complexity index is 341. The van der Waals surface area contributed by atoms with E-state index in [0.717, 1.165) is 12.1 Å². The van der Waals surface area contributed by atoms with Gasteiger partial charge in [0.2, 0.25) is 0 Å². The molecule has 0 saturated heterocycles. The molecule has 80 valence electrons. The van der Waals surface area contributed by atoms with Crippen LogP contribution in [0.5, 0.6) is 5.75 Å². The molecule has 0 amide bonds. The summed E-state index contributed by atoms with van der Waals surface area (Å²) in [6.07, 6.45) is 4.04. The molecule has 0 bridgehead atoms. The zero-order valence-corrected chi connectivity index (χ0v) is 8.99. The molecule has 0 atom stereocenters. The number of esters is 1. The van der Waals surface area contributed by atoms with Crippen molar-refractivity contribution in [2.75, 3.05) is 13.6 Å². The minimum absolute atomic E-state index is 0.298. The van der Waals surface area contributed by atoms with Gasteiger partial charge >= 0.3 is 5.97 Å². The Balaban J connectivity index is 2.60. The summed E-state index contributed by atoms with van der Waals surface area (Å²) in [5.41, 5.74) is 1.08. The highest BCUT2D eigenvalue weighted by Gasteiger charge is 1.96. The molecule has 0 spiro atoms. The van der Waals surface area contributed by atoms with Gasteiger partial charge in [0, 0.05) is 13.5 Å². The first kappa shape index (κ1) is 11.5. The Hall–Kier alpha value is -1.61. The molecule has 0 aromatic heterocycles. The molecule has 1 aromatic carbocycles. The van der Waals surface area contributed by atoms with Crippen molar-refractivity contribution in [3.63, 3.8) is 0 Å². The van der Waals surface area contributed by atoms with Crippen molar-refractivity contribution in [3.05, 3.63) is 35.9 Å². The molecular formula is C12H15NO2. The molecule has 3 nitrogen and oxygen atoms in total. The van der Waals surface area contributed by atoms with Crippen LogP contribution in [-0.2, 0) is 4.79 Å². The summed E-state index contributed by atoms with van der Waals surface area (Å²) in [7, 11) is 1.90. The summed E-state index contributed by atoms with van der Waals surface area (Å²) in [6.45, 7) is 2.23. The number of ether oxygens (including phenoxy) is 1. The first-order valence-corrected chi connectivity index (χ1v) is 4.82. The third-order valence-corrected chi connectivity index (χ3v) is 1.77. The van der Waals surface area contributed by atoms with E-state index in [-0.39, 0.29) is 5.97 Å². The van der Waals surface area contributed by atoms with Crippen LogP contribution in [0.4, 0.5) is 0 Å². The van der Waals surface area contributed by atoms with E-state index in [0.29, 0.717) is 5.75 Å². The van der Waals surface area contributed by atoms with Gasteiger partial charge in [0.05, 0.1) is 0 Å². The van der Waals surface area contributed by atoms with Crippen LogP contribution in [0.2, 0.25) is 0 Å². The number of nitrogens with one attached hydrogen (secondary N) is 1. The van der Waals surface area contributed by atoms with Gasteiger partial charge in [-0.15, -0.1) is 0 Å². The van der Waals surface area contributed by atoms with Crippen molar-refractivity contribution in [2.45, 2.75) is 6.92 Å². The van der Waals surface area contributed by atoms with E-state index in [4.69, 9.17) is 4.74 Å². The molecule has 15 heavy (non-hydrogen) atoms. The van der Waals surface area contributed by atoms with Crippen molar-refractivity contribution >= 4 is 12.0 Å². The second-order valence-electron chi connectivity index (χ2n) is 3.12. The monoisotopic (exact) mass is 205 g/mol. The Labute approximate surface area is 89.8 Å². The fraction of sp³-hybridized carbons (Fsp3) is 0.250. The first-order chi connectivity index (χ1) is 7.22. The van der Waals surface area contributed by atoms with Crippen LogP contribution >= 0.6 is 0 Å². The molecule has 0 saturated carbocycles. The number of hydrogen-bond donors (Lipinski definition) is 1. The fourth-order valence-electron chi connectivity index (χ4n) is 1.13. The molecule has 0 aliphatic rings. The second kappa shape index (κ2) is 5.98. The van der Waals surface area contributed by atoms with Gasteiger partial charge in [-0.3, -0.25) is 4.79 Å². The largest absolute Gasteiger partial charge is 0.427 e. The van der Waals surface area contributed by atoms with Crippen LogP contribution in [0.15, 0.2) is 30.3 Å². The van der Waals surface area contributed by atoms with Crippen LogP contribution in [0.25, 0.3) is 6.08 Å². The van der Waals surface area contributed by atoms with E-state index in [1.807, 2.05) is 31.3 Å². The first-order valence-electron chi connectivity index (χ1n) is 4.82. The lowest BCUT2D eigenvalue weighted by Crippen LogP contribution is -2.03. The SMILES string of the molecule is CNCC=Cc1ccc(OC(C)=O)cc1. The Morgan fingerprint density at radius 1 is 1.40 bits per heavy atom. The summed E-state index contributed by atoms with van der Waals surface area (Å²) in [6, 6.07) is 7.37. The van der Waals surface area contributed by atoms with E-state index in [9.17, 15) is 4.79 Å². The highest BCUT2D eigenvalue weighted by molar-refractivity contribution is 5.69. The van der Waals surface area contributed by atoms with Crippen LogP contribution in [0, 0.1) is 0 Å². The number of carbonyl (C=O) groups excluding carboxylic acids is 1. The van der Waals surface area contributed by atoms with Crippen LogP contribution < -0.4 is 10.1 Å². The predicted molar refractivity (Wildman–Crippen MR) is 60.7 cm³/mol. The normalized spacial score (nSPS) is 10.5. The van der Waals surface area contributed by atoms with Gasteiger partial charge in [-0.25, -0.2) is 0 Å². The molecular weight excluding hydrogens is 190 g/mol. The molecule has 0 aliphatic heterocycles. The second-order valence-corrected chi connectivity index (χ2v) is 3.12. The fourth-order valence-corrected chi connectivity index (χ4v) is 1.13. The van der Waals surface area contributed by atoms with Gasteiger partial charge in [-0.1, -0.05) is 24.3 Å². The Kier molecular flexibility index (Phi) is 4.57. The topological polar surface area (TPSA) is 38.3 Å². The number of hydrogen-bond acceptors (Lipinski definition) is 3. The molecule has 0 fully saturated rings. The summed E-state index contributed by atoms with van der Waals surface area (Å²) >= 11 is 0. The zero-order chi connectivity index (χ0) is 11.1. The van der Waals surface area contributed by atoms with Gasteiger partial charge in [0.15, 0.2) is 0 Å². The molecule has 3 heteroatoms. The van der Waals surface area contributed by atoms with Crippen molar-refractivity contribution in [1.82, 2.24) is 5.32 Å². The third kappa shape index (κ3) is 4.42. The smallest absolute Gasteiger partial charge is 0.308 e. The van der Waals surface area contributed by atoms with Crippen molar-refractivity contribution < 1.29 is 9.53 Å². The minimum Gasteiger partial charge on any atom is -0.427 e. The maximum atomic E-state index is 10.7. The lowest BCUT2D eigenvalue weighted by Gasteiger charge is -2.00. The summed E-state index contributed by atoms with van der Waals surface area (Å²) in [4.78, 5) is 10.7. The lowest BCUT2D eigenvalue weighted by molar-refractivity contribution is -0.131. The molecule has 0 aliphatic carbocycles. The lowest BCUT2D eigenvalue weighted by atomic mass is 10.2. The van der Waals surface area contributed by atoms with Gasteiger partial charge in [0.25, 0.3) is 0 Å². The van der Waals surface area contributed by atoms with Crippen LogP contribution in [0.1, 0.15) is 12.5 Å². The summed E-state index contributed by atoms with van der Waals surface area (Å²) in [5.74, 6) is 0.279. The molecule has 1 N–H and O–H groups in total. The van der Waals surface area contributed by atoms with E-state index in [1.165, 1.54) is 6.92 Å². The zero-order valence-electron chi connectivity index (χ0n) is 8.99. The van der Waals surface area contributed by atoms with Crippen molar-refractivity contribution in [3.8, 4) is 5.75 Å². The van der Waals surface area contributed by atoms with E-state index >= 15 is 0 Å². The number of rotatable bonds is 4. The van der Waals surface area contributed by atoms with E-state index < -0.39 is 0 Å². The average Bonchev–Trinajstić information content (AvgIpc) is 2.20. The predicted octanol–water partition coefficient (Wildman–Crippen LogP) is 1.84. The molecule has 0 radical (unpaired) electrons. The van der Waals surface area contributed by atoms with Gasteiger partial charge < -0.3 is 10.1 Å². The molecule has 1 aromatic rings. The van der Waals surface area contributed by atoms with Gasteiger partial charge in [0.1, 0.15) is 5.75 Å². The van der Waals surface area contributed by atoms with Gasteiger partial charge in [-0.2, -0.15) is 0 Å². The summed E-state index contributed by atoms with van der Waals surface area (Å²) in [5, 5.41) is 3.02. The highest BCUT2D eigenvalue weighted by Crippen LogP contribution is 2.13. The van der Waals surface area contributed by atoms with Crippen LogP contribution in [-0.4, -0.2) is 19.6 Å². The van der Waals surface area contributed by atoms with Crippen LogP contribution in [0.3, 0.4) is 0 Å². The highest BCUT2D eigenvalue weighted by atomic mass is 16.5. The summed E-state index contributed by atoms with van der Waals surface area (Å²) < 4.78 is 4.92. The van der Waals surface area contributed by atoms with Crippen molar-refractivity contribution in [2.24, 2.45) is 0 Å². The number of carbonyl (C=O) groups is 1. The van der Waals surface area contributed by atoms with E-state index in [2.05, 4.69) is 5.32 Å². The van der Waals surface area contributed by atoms with Crippen molar-refractivity contribution in [1.29, 1.82) is 0 Å². The molecule has 1 rings (SSSR count). The number of benzene rings is 1. The Morgan fingerprint density at radius 2 is 2.07 bits per heavy atom. The number of likely N-dealkylation sites (N-methyl/N-ethyl adjacent to an activating group) is 1. The van der Waals surface area contributed by atoms with Gasteiger partial charge in [-0.05, 0) is 24.7 Å². The molecule has 0 unspecified atom stereocenters. The minimum atomic E-state index is -0.298. The quantitative estimate of drug-likeness (QED) is 0.602. The third-order valence-electron chi connectivity index (χ3n) is 1.77. The molecule has 0 heterocycles. The maximum Gasteiger partial charge on any atom is 0.308 e. The van der Waals surface area contributed by atoms with E-state index in [1.54, 1.807) is 12.1 Å². The standard InChI is InChI=1S/C12H15NO2/c1-10(14)15-12-7-5-11(6-8-12)4-3-9-13-2/h3-8,13H,9H2,1-2H3. The Morgan fingerprint density at radius 3 is 2.60 bits per heavy atom. The maximum absolute atomic E-state index is 10.7.